The summed E-state index contributed by atoms with van der Waals surface area (Å²) in [5.74, 6) is 0.823. The normalized spacial score (nSPS) is 15.8. The molecule has 1 aliphatic heterocycles. The number of aryl methyl sites for hydroxylation is 1. The topological polar surface area (TPSA) is 21.1 Å². The molecule has 2 heterocycles. The number of aromatic nitrogens is 2. The first-order valence-electron chi connectivity index (χ1n) is 11.0. The van der Waals surface area contributed by atoms with Gasteiger partial charge in [0.1, 0.15) is 0 Å². The summed E-state index contributed by atoms with van der Waals surface area (Å²) in [4.78, 5) is 2.68. The van der Waals surface area contributed by atoms with Gasteiger partial charge >= 0.3 is 0 Å². The number of likely N-dealkylation sites (tertiary alicyclic amines) is 1. The predicted molar refractivity (Wildman–Crippen MR) is 110 cm³/mol. The van der Waals surface area contributed by atoms with Gasteiger partial charge in [-0.25, -0.2) is 0 Å². The molecular weight excluding hydrogens is 306 g/mol. The average Bonchev–Trinajstić information content (AvgIpc) is 3.05. The van der Waals surface area contributed by atoms with Gasteiger partial charge in [0.2, 0.25) is 0 Å². The second-order valence-electron chi connectivity index (χ2n) is 7.50. The van der Waals surface area contributed by atoms with Crippen molar-refractivity contribution in [3.8, 4) is 0 Å². The minimum atomic E-state index is 0.823. The van der Waals surface area contributed by atoms with E-state index in [1.807, 2.05) is 20.0 Å². The van der Waals surface area contributed by atoms with E-state index in [1.165, 1.54) is 89.4 Å². The molecule has 146 valence electrons. The first kappa shape index (κ1) is 22.2. The Kier molecular flexibility index (Phi) is 12.8. The molecule has 1 aliphatic rings. The molecule has 1 aromatic rings. The fourth-order valence-corrected chi connectivity index (χ4v) is 3.69. The average molecular weight is 350 g/mol. The van der Waals surface area contributed by atoms with Crippen LogP contribution < -0.4 is 0 Å². The van der Waals surface area contributed by atoms with Crippen molar-refractivity contribution in [1.29, 1.82) is 0 Å². The third-order valence-electron chi connectivity index (χ3n) is 5.24. The number of nitrogens with zero attached hydrogens (tertiary/aromatic N) is 3. The van der Waals surface area contributed by atoms with Crippen LogP contribution in [0.15, 0.2) is 12.4 Å². The highest BCUT2D eigenvalue weighted by Crippen LogP contribution is 2.19. The molecule has 2 rings (SSSR count). The van der Waals surface area contributed by atoms with Crippen molar-refractivity contribution in [2.45, 2.75) is 98.4 Å². The van der Waals surface area contributed by atoms with Crippen LogP contribution in [0.4, 0.5) is 0 Å². The predicted octanol–water partition coefficient (Wildman–Crippen LogP) is 6.07. The number of unbranched alkanes of at least 4 members (excludes halogenated alkanes) is 7. The van der Waals surface area contributed by atoms with Crippen molar-refractivity contribution < 1.29 is 0 Å². The summed E-state index contributed by atoms with van der Waals surface area (Å²) in [6.45, 7) is 13.4. The summed E-state index contributed by atoms with van der Waals surface area (Å²) in [6, 6.07) is 0. The fraction of sp³-hybridized carbons (Fsp3) is 0.864. The van der Waals surface area contributed by atoms with Gasteiger partial charge < -0.3 is 4.90 Å². The quantitative estimate of drug-likeness (QED) is 0.452. The summed E-state index contributed by atoms with van der Waals surface area (Å²) in [7, 11) is 0. The Hall–Kier alpha value is -0.830. The lowest BCUT2D eigenvalue weighted by Crippen LogP contribution is -2.35. The monoisotopic (exact) mass is 349 g/mol. The molecule has 1 fully saturated rings. The maximum Gasteiger partial charge on any atom is 0.0518 e. The van der Waals surface area contributed by atoms with E-state index in [1.54, 1.807) is 0 Å². The lowest BCUT2D eigenvalue weighted by atomic mass is 9.96. The van der Waals surface area contributed by atoms with Crippen LogP contribution in [0.25, 0.3) is 0 Å². The lowest BCUT2D eigenvalue weighted by molar-refractivity contribution is 0.168. The molecule has 1 saturated heterocycles. The first-order valence-corrected chi connectivity index (χ1v) is 11.0. The van der Waals surface area contributed by atoms with Crippen LogP contribution in [0.3, 0.4) is 0 Å². The Labute approximate surface area is 157 Å². The fourth-order valence-electron chi connectivity index (χ4n) is 3.69. The van der Waals surface area contributed by atoms with Crippen LogP contribution in [0.1, 0.15) is 90.5 Å². The number of hydrogen-bond acceptors (Lipinski definition) is 2. The molecule has 3 nitrogen and oxygen atoms in total. The van der Waals surface area contributed by atoms with E-state index in [9.17, 15) is 0 Å². The van der Waals surface area contributed by atoms with Crippen molar-refractivity contribution in [1.82, 2.24) is 14.7 Å². The smallest absolute Gasteiger partial charge is 0.0518 e. The molecule has 0 amide bonds. The van der Waals surface area contributed by atoms with E-state index in [0.29, 0.717) is 0 Å². The van der Waals surface area contributed by atoms with E-state index < -0.39 is 0 Å². The highest BCUT2D eigenvalue weighted by atomic mass is 15.3. The Balaban J connectivity index is 0.00000151. The minimum Gasteiger partial charge on any atom is -0.303 e. The summed E-state index contributed by atoms with van der Waals surface area (Å²) in [6.07, 6.45) is 18.2. The maximum atomic E-state index is 4.43. The van der Waals surface area contributed by atoms with Gasteiger partial charge in [0, 0.05) is 12.7 Å². The van der Waals surface area contributed by atoms with Crippen molar-refractivity contribution in [2.24, 2.45) is 5.92 Å². The molecule has 25 heavy (non-hydrogen) atoms. The van der Waals surface area contributed by atoms with E-state index in [4.69, 9.17) is 0 Å². The molecule has 0 N–H and O–H groups in total. The second-order valence-corrected chi connectivity index (χ2v) is 7.50. The van der Waals surface area contributed by atoms with Crippen molar-refractivity contribution in [3.63, 3.8) is 0 Å². The Bertz CT molecular complexity index is 405. The number of hydrogen-bond donors (Lipinski definition) is 0. The van der Waals surface area contributed by atoms with Gasteiger partial charge in [0.25, 0.3) is 0 Å². The molecule has 1 aromatic heterocycles. The Morgan fingerprint density at radius 3 is 2.12 bits per heavy atom. The minimum absolute atomic E-state index is 0.823. The molecule has 0 bridgehead atoms. The zero-order chi connectivity index (χ0) is 18.3. The highest BCUT2D eigenvalue weighted by molar-refractivity contribution is 4.99. The van der Waals surface area contributed by atoms with Crippen LogP contribution in [-0.4, -0.2) is 34.3 Å². The van der Waals surface area contributed by atoms with E-state index in [-0.39, 0.29) is 0 Å². The molecule has 0 spiro atoms. The van der Waals surface area contributed by atoms with Crippen molar-refractivity contribution >= 4 is 0 Å². The summed E-state index contributed by atoms with van der Waals surface area (Å²) in [5.41, 5.74) is 1.28. The number of piperidine rings is 1. The molecular formula is C22H43N3. The van der Waals surface area contributed by atoms with Gasteiger partial charge in [-0.15, -0.1) is 0 Å². The Morgan fingerprint density at radius 1 is 0.960 bits per heavy atom. The van der Waals surface area contributed by atoms with Crippen LogP contribution in [0.5, 0.6) is 0 Å². The van der Waals surface area contributed by atoms with E-state index >= 15 is 0 Å². The zero-order valence-corrected chi connectivity index (χ0v) is 17.5. The zero-order valence-electron chi connectivity index (χ0n) is 17.5. The molecule has 0 atom stereocenters. The van der Waals surface area contributed by atoms with Crippen molar-refractivity contribution in [3.05, 3.63) is 18.0 Å². The standard InChI is InChI=1S/C20H37N3.C2H6/c1-3-4-5-6-7-8-9-10-13-22-14-11-20(12-15-22)18-23-17-19(2)16-21-23;1-2/h16-17,20H,3-15,18H2,1-2H3;1-2H3. The van der Waals surface area contributed by atoms with E-state index in [2.05, 4.69) is 34.7 Å². The van der Waals surface area contributed by atoms with Gasteiger partial charge in [-0.05, 0) is 57.3 Å². The summed E-state index contributed by atoms with van der Waals surface area (Å²) in [5, 5.41) is 4.43. The van der Waals surface area contributed by atoms with Crippen LogP contribution in [0, 0.1) is 12.8 Å². The SMILES string of the molecule is CC.CCCCCCCCCCN1CCC(Cn2cc(C)cn2)CC1. The van der Waals surface area contributed by atoms with Gasteiger partial charge in [0.05, 0.1) is 6.20 Å². The van der Waals surface area contributed by atoms with Crippen LogP contribution >= 0.6 is 0 Å². The van der Waals surface area contributed by atoms with Gasteiger partial charge in [-0.2, -0.15) is 5.10 Å². The molecule has 3 heteroatoms. The van der Waals surface area contributed by atoms with Gasteiger partial charge in [-0.3, -0.25) is 4.68 Å². The molecule has 0 aliphatic carbocycles. The van der Waals surface area contributed by atoms with Crippen molar-refractivity contribution in [2.75, 3.05) is 19.6 Å². The summed E-state index contributed by atoms with van der Waals surface area (Å²) >= 11 is 0. The molecule has 0 aromatic carbocycles. The lowest BCUT2D eigenvalue weighted by Gasteiger charge is -2.31. The first-order chi connectivity index (χ1) is 12.3. The third-order valence-corrected chi connectivity index (χ3v) is 5.24. The Morgan fingerprint density at radius 2 is 1.56 bits per heavy atom. The highest BCUT2D eigenvalue weighted by Gasteiger charge is 2.19. The van der Waals surface area contributed by atoms with E-state index in [0.717, 1.165) is 12.5 Å². The number of rotatable bonds is 11. The molecule has 0 saturated carbocycles. The third kappa shape index (κ3) is 10.0. The maximum absolute atomic E-state index is 4.43. The van der Waals surface area contributed by atoms with Crippen LogP contribution in [0.2, 0.25) is 0 Å². The van der Waals surface area contributed by atoms with Crippen LogP contribution in [-0.2, 0) is 6.54 Å². The molecule has 0 radical (unpaired) electrons. The largest absolute Gasteiger partial charge is 0.303 e. The van der Waals surface area contributed by atoms with Gasteiger partial charge in [-0.1, -0.05) is 65.7 Å². The van der Waals surface area contributed by atoms with Gasteiger partial charge in [0.15, 0.2) is 0 Å². The summed E-state index contributed by atoms with van der Waals surface area (Å²) < 4.78 is 2.13. The molecule has 0 unspecified atom stereocenters. The second kappa shape index (κ2) is 14.4.